The average molecular weight is 461 g/mol. The number of H-pyrrole nitrogens is 1. The number of nitrogens with one attached hydrogen (secondary N) is 2. The van der Waals surface area contributed by atoms with Crippen LogP contribution in [0.15, 0.2) is 0 Å². The topological polar surface area (TPSA) is 87.3 Å². The summed E-state index contributed by atoms with van der Waals surface area (Å²) in [5.74, 6) is 0.688. The van der Waals surface area contributed by atoms with E-state index in [1.54, 1.807) is 0 Å². The highest BCUT2D eigenvalue weighted by molar-refractivity contribution is 6.83. The van der Waals surface area contributed by atoms with Gasteiger partial charge in [0.15, 0.2) is 5.82 Å². The van der Waals surface area contributed by atoms with Crippen LogP contribution in [0.5, 0.6) is 0 Å². The normalized spacial score (nSPS) is 23.4. The maximum absolute atomic E-state index is 13.4. The molecule has 8 heteroatoms. The number of carbonyl (C=O) groups excluding carboxylic acids is 2. The van der Waals surface area contributed by atoms with E-state index in [9.17, 15) is 9.59 Å². The zero-order valence-electron chi connectivity index (χ0n) is 20.6. The lowest BCUT2D eigenvalue weighted by Crippen LogP contribution is -2.52. The third-order valence-corrected chi connectivity index (χ3v) is 11.9. The fourth-order valence-corrected chi connectivity index (χ4v) is 8.41. The second-order valence-electron chi connectivity index (χ2n) is 11.6. The van der Waals surface area contributed by atoms with Gasteiger partial charge in [0.2, 0.25) is 5.91 Å². The van der Waals surface area contributed by atoms with Gasteiger partial charge in [-0.15, -0.1) is 0 Å². The van der Waals surface area contributed by atoms with Gasteiger partial charge in [0, 0.05) is 10.6 Å². The number of ether oxygens (including phenoxy) is 1. The molecule has 2 fully saturated rings. The van der Waals surface area contributed by atoms with Gasteiger partial charge in [0.1, 0.15) is 6.10 Å². The first kappa shape index (κ1) is 23.5. The zero-order valence-corrected chi connectivity index (χ0v) is 21.6. The Labute approximate surface area is 193 Å². The van der Waals surface area contributed by atoms with Gasteiger partial charge in [-0.1, -0.05) is 45.3 Å². The first-order valence-electron chi connectivity index (χ1n) is 12.3. The van der Waals surface area contributed by atoms with Gasteiger partial charge in [-0.2, -0.15) is 5.10 Å². The van der Waals surface area contributed by atoms with Gasteiger partial charge in [0.25, 0.3) is 5.91 Å². The molecule has 2 N–H and O–H groups in total. The van der Waals surface area contributed by atoms with Gasteiger partial charge in [0.05, 0.1) is 32.0 Å². The Morgan fingerprint density at radius 2 is 1.81 bits per heavy atom. The number of amides is 2. The van der Waals surface area contributed by atoms with Gasteiger partial charge in [-0.05, 0) is 46.5 Å². The van der Waals surface area contributed by atoms with E-state index in [2.05, 4.69) is 35.2 Å². The van der Waals surface area contributed by atoms with E-state index < -0.39 is 19.7 Å². The van der Waals surface area contributed by atoms with Crippen LogP contribution in [0.4, 0.5) is 5.82 Å². The van der Waals surface area contributed by atoms with Crippen LogP contribution in [0.2, 0.25) is 24.7 Å². The minimum Gasteiger partial charge on any atom is -0.365 e. The van der Waals surface area contributed by atoms with E-state index in [1.807, 2.05) is 25.7 Å². The second-order valence-corrected chi connectivity index (χ2v) is 17.0. The molecule has 3 aliphatic rings. The molecule has 32 heavy (non-hydrogen) atoms. The average Bonchev–Trinajstić information content (AvgIpc) is 3.18. The Bertz CT molecular complexity index is 878. The SMILES string of the molecule is CC(OC1CCCCC1)C(=O)N1Cc2c(NC(=O)C3([Si](C)(C)C)CCC3)n[nH]c2C1(C)C. The highest BCUT2D eigenvalue weighted by atomic mass is 28.3. The quantitative estimate of drug-likeness (QED) is 0.590. The van der Waals surface area contributed by atoms with Crippen molar-refractivity contribution < 1.29 is 14.3 Å². The molecular formula is C24H40N4O3Si. The summed E-state index contributed by atoms with van der Waals surface area (Å²) < 4.78 is 6.15. The standard InChI is InChI=1S/C24H40N4O3Si/c1-16(31-17-11-8-7-9-12-17)21(29)28-15-18-19(23(28,2)3)26-27-20(18)25-22(30)24(13-10-14-24)32(4,5)6/h16-17H,7-15H2,1-6H3,(H2,25,26,27,30). The molecule has 0 saturated heterocycles. The molecule has 0 radical (unpaired) electrons. The largest absolute Gasteiger partial charge is 0.365 e. The lowest BCUT2D eigenvalue weighted by Gasteiger charge is -2.48. The van der Waals surface area contributed by atoms with Crippen LogP contribution in [0.25, 0.3) is 0 Å². The van der Waals surface area contributed by atoms with Crippen LogP contribution in [-0.4, -0.2) is 47.2 Å². The Kier molecular flexibility index (Phi) is 6.07. The zero-order chi connectivity index (χ0) is 23.3. The van der Waals surface area contributed by atoms with Crippen molar-refractivity contribution in [1.29, 1.82) is 0 Å². The Balaban J connectivity index is 1.48. The number of nitrogens with zero attached hydrogens (tertiary/aromatic N) is 2. The van der Waals surface area contributed by atoms with Crippen molar-refractivity contribution in [3.8, 4) is 0 Å². The summed E-state index contributed by atoms with van der Waals surface area (Å²) >= 11 is 0. The highest BCUT2D eigenvalue weighted by Gasteiger charge is 2.54. The maximum atomic E-state index is 13.4. The fourth-order valence-electron chi connectivity index (χ4n) is 5.82. The van der Waals surface area contributed by atoms with Crippen LogP contribution in [0, 0.1) is 0 Å². The Morgan fingerprint density at radius 3 is 2.38 bits per heavy atom. The van der Waals surface area contributed by atoms with Crippen molar-refractivity contribution in [3.05, 3.63) is 11.3 Å². The van der Waals surface area contributed by atoms with Crippen LogP contribution in [0.3, 0.4) is 0 Å². The van der Waals surface area contributed by atoms with Crippen molar-refractivity contribution >= 4 is 25.7 Å². The van der Waals surface area contributed by atoms with E-state index >= 15 is 0 Å². The number of aromatic nitrogens is 2. The maximum Gasteiger partial charge on any atom is 0.252 e. The summed E-state index contributed by atoms with van der Waals surface area (Å²) in [6.07, 6.45) is 8.46. The molecule has 1 atom stereocenters. The third-order valence-electron chi connectivity index (χ3n) is 8.34. The predicted molar refractivity (Wildman–Crippen MR) is 128 cm³/mol. The molecule has 4 rings (SSSR count). The minimum atomic E-state index is -1.67. The molecule has 178 valence electrons. The molecule has 2 amide bonds. The summed E-state index contributed by atoms with van der Waals surface area (Å²) in [5, 5.41) is 10.5. The lowest BCUT2D eigenvalue weighted by atomic mass is 9.83. The van der Waals surface area contributed by atoms with Crippen molar-refractivity contribution in [2.75, 3.05) is 5.32 Å². The van der Waals surface area contributed by atoms with Crippen LogP contribution in [-0.2, 0) is 26.4 Å². The van der Waals surface area contributed by atoms with Gasteiger partial charge in [-0.25, -0.2) is 0 Å². The Morgan fingerprint density at radius 1 is 1.16 bits per heavy atom. The summed E-state index contributed by atoms with van der Waals surface area (Å²) in [6, 6.07) is 0. The lowest BCUT2D eigenvalue weighted by molar-refractivity contribution is -0.153. The first-order valence-corrected chi connectivity index (χ1v) is 15.8. The molecule has 7 nitrogen and oxygen atoms in total. The highest BCUT2D eigenvalue weighted by Crippen LogP contribution is 2.56. The number of anilines is 1. The molecule has 0 bridgehead atoms. The van der Waals surface area contributed by atoms with E-state index in [0.717, 1.165) is 43.4 Å². The van der Waals surface area contributed by atoms with Crippen molar-refractivity contribution in [2.24, 2.45) is 0 Å². The molecule has 0 spiro atoms. The second kappa shape index (κ2) is 8.28. The Hall–Kier alpha value is -1.67. The number of carbonyl (C=O) groups is 2. The molecule has 2 saturated carbocycles. The number of hydrogen-bond acceptors (Lipinski definition) is 4. The van der Waals surface area contributed by atoms with E-state index in [0.29, 0.717) is 12.4 Å². The number of rotatable bonds is 6. The number of aromatic amines is 1. The molecule has 2 heterocycles. The fraction of sp³-hybridized carbons (Fsp3) is 0.792. The summed E-state index contributed by atoms with van der Waals surface area (Å²) in [6.45, 7) is 13.2. The smallest absolute Gasteiger partial charge is 0.252 e. The van der Waals surface area contributed by atoms with Crippen molar-refractivity contribution in [2.45, 2.75) is 121 Å². The van der Waals surface area contributed by atoms with Crippen molar-refractivity contribution in [1.82, 2.24) is 15.1 Å². The number of hydrogen-bond donors (Lipinski definition) is 2. The summed E-state index contributed by atoms with van der Waals surface area (Å²) in [4.78, 5) is 28.6. The number of fused-ring (bicyclic) bond motifs is 1. The third kappa shape index (κ3) is 3.83. The molecule has 0 aromatic carbocycles. The molecule has 2 aliphatic carbocycles. The van der Waals surface area contributed by atoms with E-state index in [-0.39, 0.29) is 23.0 Å². The molecule has 1 unspecified atom stereocenters. The van der Waals surface area contributed by atoms with Gasteiger partial charge >= 0.3 is 0 Å². The van der Waals surface area contributed by atoms with Crippen LogP contribution in [0.1, 0.15) is 83.4 Å². The van der Waals surface area contributed by atoms with E-state index in [4.69, 9.17) is 4.74 Å². The molecule has 1 aliphatic heterocycles. The van der Waals surface area contributed by atoms with E-state index in [1.165, 1.54) is 19.3 Å². The van der Waals surface area contributed by atoms with Crippen molar-refractivity contribution in [3.63, 3.8) is 0 Å². The first-order chi connectivity index (χ1) is 15.0. The van der Waals surface area contributed by atoms with Gasteiger partial charge in [-0.3, -0.25) is 14.7 Å². The van der Waals surface area contributed by atoms with Crippen LogP contribution < -0.4 is 5.32 Å². The van der Waals surface area contributed by atoms with Gasteiger partial charge < -0.3 is 15.0 Å². The molecule has 1 aromatic rings. The summed E-state index contributed by atoms with van der Waals surface area (Å²) in [5.41, 5.74) is 1.30. The predicted octanol–water partition coefficient (Wildman–Crippen LogP) is 4.93. The van der Waals surface area contributed by atoms with Crippen LogP contribution >= 0.6 is 0 Å². The molecular weight excluding hydrogens is 420 g/mol. The monoisotopic (exact) mass is 460 g/mol. The molecule has 1 aromatic heterocycles. The minimum absolute atomic E-state index is 0.0000112. The summed E-state index contributed by atoms with van der Waals surface area (Å²) in [7, 11) is -1.67.